The van der Waals surface area contributed by atoms with Gasteiger partial charge in [0.15, 0.2) is 0 Å². The van der Waals surface area contributed by atoms with Gasteiger partial charge in [-0.15, -0.1) is 0 Å². The molecule has 0 atom stereocenters. The predicted octanol–water partition coefficient (Wildman–Crippen LogP) is 2.66. The first-order valence-corrected chi connectivity index (χ1v) is 10.7. The van der Waals surface area contributed by atoms with E-state index in [9.17, 15) is 28.6 Å². The minimum Gasteiger partial charge on any atom is -0.457 e. The van der Waals surface area contributed by atoms with Gasteiger partial charge >= 0.3 is 0 Å². The quantitative estimate of drug-likeness (QED) is 0.259. The molecule has 13 heteroatoms. The average molecular weight is 445 g/mol. The van der Waals surface area contributed by atoms with E-state index in [-0.39, 0.29) is 22.2 Å². The van der Waals surface area contributed by atoms with Crippen molar-refractivity contribution < 1.29 is 22.6 Å². The molecule has 0 aliphatic carbocycles. The number of aromatic nitrogens is 2. The number of nitro benzene ring substituents is 1. The van der Waals surface area contributed by atoms with Crippen LogP contribution in [0, 0.1) is 21.4 Å². The fourth-order valence-electron chi connectivity index (χ4n) is 2.20. The summed E-state index contributed by atoms with van der Waals surface area (Å²) in [6, 6.07) is 10.5. The summed E-state index contributed by atoms with van der Waals surface area (Å²) >= 11 is 0.663. The summed E-state index contributed by atoms with van der Waals surface area (Å²) in [5.41, 5.74) is 0.200. The van der Waals surface area contributed by atoms with E-state index in [0.29, 0.717) is 22.9 Å². The predicted molar refractivity (Wildman–Crippen MR) is 106 cm³/mol. The van der Waals surface area contributed by atoms with Gasteiger partial charge in [0.05, 0.1) is 4.92 Å². The first-order valence-electron chi connectivity index (χ1n) is 7.99. The number of hydrogen-bond acceptors (Lipinski definition) is 10. The van der Waals surface area contributed by atoms with Crippen molar-refractivity contribution >= 4 is 44.2 Å². The molecule has 0 saturated heterocycles. The monoisotopic (exact) mass is 445 g/mol. The summed E-state index contributed by atoms with van der Waals surface area (Å²) in [7, 11) is -3.62. The van der Waals surface area contributed by atoms with Crippen LogP contribution in [0.3, 0.4) is 0 Å². The number of nitrogens with zero attached hydrogens (tertiary/aromatic N) is 4. The Labute approximate surface area is 173 Å². The lowest BCUT2D eigenvalue weighted by molar-refractivity contribution is -0.384. The van der Waals surface area contributed by atoms with Crippen LogP contribution in [0.25, 0.3) is 17.4 Å². The van der Waals surface area contributed by atoms with E-state index in [4.69, 9.17) is 4.42 Å². The Morgan fingerprint density at radius 3 is 2.57 bits per heavy atom. The molecule has 0 aliphatic rings. The van der Waals surface area contributed by atoms with Crippen LogP contribution in [0.15, 0.2) is 51.5 Å². The zero-order valence-electron chi connectivity index (χ0n) is 15.1. The second-order valence-corrected chi connectivity index (χ2v) is 8.45. The third-order valence-electron chi connectivity index (χ3n) is 3.60. The molecular weight excluding hydrogens is 434 g/mol. The van der Waals surface area contributed by atoms with Gasteiger partial charge in [-0.05, 0) is 24.3 Å². The fourth-order valence-corrected chi connectivity index (χ4v) is 3.64. The molecule has 0 radical (unpaired) electrons. The van der Waals surface area contributed by atoms with E-state index < -0.39 is 25.8 Å². The second kappa shape index (κ2) is 8.23. The molecule has 3 aromatic rings. The molecule has 1 aromatic carbocycles. The smallest absolute Gasteiger partial charge is 0.269 e. The average Bonchev–Trinajstić information content (AvgIpc) is 3.35. The highest BCUT2D eigenvalue weighted by Crippen LogP contribution is 2.25. The molecule has 11 nitrogen and oxygen atoms in total. The number of non-ortho nitro benzene ring substituents is 1. The topological polar surface area (TPSA) is 169 Å². The van der Waals surface area contributed by atoms with Crippen LogP contribution < -0.4 is 5.32 Å². The number of rotatable bonds is 6. The number of anilines is 1. The van der Waals surface area contributed by atoms with Gasteiger partial charge in [-0.1, -0.05) is 0 Å². The highest BCUT2D eigenvalue weighted by molar-refractivity contribution is 7.90. The van der Waals surface area contributed by atoms with Crippen molar-refractivity contribution in [2.45, 2.75) is 5.16 Å². The highest BCUT2D eigenvalue weighted by Gasteiger charge is 2.18. The van der Waals surface area contributed by atoms with Crippen molar-refractivity contribution in [3.63, 3.8) is 0 Å². The van der Waals surface area contributed by atoms with Crippen molar-refractivity contribution in [2.75, 3.05) is 11.6 Å². The molecular formula is C17H11N5O6S2. The molecule has 30 heavy (non-hydrogen) atoms. The first kappa shape index (κ1) is 20.8. The Morgan fingerprint density at radius 1 is 1.30 bits per heavy atom. The summed E-state index contributed by atoms with van der Waals surface area (Å²) in [5, 5.41) is 21.8. The summed E-state index contributed by atoms with van der Waals surface area (Å²) in [6.07, 6.45) is 2.13. The van der Waals surface area contributed by atoms with Gasteiger partial charge in [-0.25, -0.2) is 8.42 Å². The Balaban J connectivity index is 1.77. The third kappa shape index (κ3) is 4.74. The molecule has 1 amide bonds. The van der Waals surface area contributed by atoms with Gasteiger partial charge in [0.2, 0.25) is 15.0 Å². The summed E-state index contributed by atoms with van der Waals surface area (Å²) < 4.78 is 32.0. The molecule has 0 aliphatic heterocycles. The number of sulfone groups is 1. The van der Waals surface area contributed by atoms with Crippen LogP contribution in [-0.4, -0.2) is 34.9 Å². The SMILES string of the molecule is CS(=O)(=O)c1nsc(NC(=O)/C(C#N)=C\c2ccc(-c3ccc([N+](=O)[O-])cc3)o2)n1. The zero-order valence-corrected chi connectivity index (χ0v) is 16.7. The molecule has 0 unspecified atom stereocenters. The lowest BCUT2D eigenvalue weighted by atomic mass is 10.1. The molecule has 2 heterocycles. The number of amides is 1. The van der Waals surface area contributed by atoms with Gasteiger partial charge in [-0.2, -0.15) is 14.6 Å². The lowest BCUT2D eigenvalue weighted by Crippen LogP contribution is -2.13. The maximum Gasteiger partial charge on any atom is 0.269 e. The molecule has 152 valence electrons. The molecule has 3 rings (SSSR count). The molecule has 0 saturated carbocycles. The molecule has 0 spiro atoms. The molecule has 0 fully saturated rings. The van der Waals surface area contributed by atoms with Gasteiger partial charge in [0, 0.05) is 41.6 Å². The third-order valence-corrected chi connectivity index (χ3v) is 5.19. The maximum atomic E-state index is 12.3. The van der Waals surface area contributed by atoms with E-state index in [1.165, 1.54) is 36.4 Å². The Morgan fingerprint density at radius 2 is 2.00 bits per heavy atom. The van der Waals surface area contributed by atoms with E-state index in [1.807, 2.05) is 0 Å². The first-order chi connectivity index (χ1) is 14.2. The standard InChI is InChI=1S/C17H11N5O6S2/c1-30(26,27)17-20-16(29-21-17)19-15(23)11(9-18)8-13-6-7-14(28-13)10-2-4-12(5-3-10)22(24)25/h2-8H,1H3,(H,19,20,21,23)/b11-8-. The lowest BCUT2D eigenvalue weighted by Gasteiger charge is -1.99. The van der Waals surface area contributed by atoms with Crippen molar-refractivity contribution in [1.82, 2.24) is 9.36 Å². The largest absolute Gasteiger partial charge is 0.457 e. The van der Waals surface area contributed by atoms with Crippen LogP contribution in [0.4, 0.5) is 10.8 Å². The number of nitriles is 1. The van der Waals surface area contributed by atoms with Crippen molar-refractivity contribution in [3.05, 3.63) is 57.8 Å². The van der Waals surface area contributed by atoms with Gasteiger partial charge in [0.25, 0.3) is 16.8 Å². The van der Waals surface area contributed by atoms with Gasteiger partial charge in [-0.3, -0.25) is 20.2 Å². The molecule has 1 N–H and O–H groups in total. The normalized spacial score (nSPS) is 11.7. The minimum atomic E-state index is -3.62. The van der Waals surface area contributed by atoms with E-state index in [2.05, 4.69) is 14.7 Å². The van der Waals surface area contributed by atoms with Crippen LogP contribution in [-0.2, 0) is 14.6 Å². The number of benzene rings is 1. The number of nitro groups is 1. The summed E-state index contributed by atoms with van der Waals surface area (Å²) in [6.45, 7) is 0. The molecule has 0 bridgehead atoms. The van der Waals surface area contributed by atoms with Crippen LogP contribution >= 0.6 is 11.5 Å². The number of hydrogen-bond donors (Lipinski definition) is 1. The number of furan rings is 1. The van der Waals surface area contributed by atoms with Gasteiger partial charge in [0.1, 0.15) is 23.2 Å². The van der Waals surface area contributed by atoms with Gasteiger partial charge < -0.3 is 4.42 Å². The molecule has 2 aromatic heterocycles. The number of nitrogens with one attached hydrogen (secondary N) is 1. The van der Waals surface area contributed by atoms with Crippen molar-refractivity contribution in [3.8, 4) is 17.4 Å². The zero-order chi connectivity index (χ0) is 21.9. The van der Waals surface area contributed by atoms with Crippen LogP contribution in [0.1, 0.15) is 5.76 Å². The maximum absolute atomic E-state index is 12.3. The Hall–Kier alpha value is -3.89. The fraction of sp³-hybridized carbons (Fsp3) is 0.0588. The van der Waals surface area contributed by atoms with Crippen LogP contribution in [0.2, 0.25) is 0 Å². The van der Waals surface area contributed by atoms with E-state index in [0.717, 1.165) is 6.26 Å². The number of carbonyl (C=O) groups is 1. The Bertz CT molecular complexity index is 1300. The van der Waals surface area contributed by atoms with E-state index in [1.54, 1.807) is 12.1 Å². The van der Waals surface area contributed by atoms with Crippen molar-refractivity contribution in [1.29, 1.82) is 5.26 Å². The minimum absolute atomic E-state index is 0.0652. The van der Waals surface area contributed by atoms with Crippen LogP contribution in [0.5, 0.6) is 0 Å². The van der Waals surface area contributed by atoms with Crippen molar-refractivity contribution in [2.24, 2.45) is 0 Å². The highest BCUT2D eigenvalue weighted by atomic mass is 32.2. The number of carbonyl (C=O) groups excluding carboxylic acids is 1. The summed E-state index contributed by atoms with van der Waals surface area (Å²) in [4.78, 5) is 26.2. The van der Waals surface area contributed by atoms with E-state index >= 15 is 0 Å². The Kier molecular flexibility index (Phi) is 5.72. The second-order valence-electron chi connectivity index (χ2n) is 5.78. The summed E-state index contributed by atoms with van der Waals surface area (Å²) in [5.74, 6) is -0.234.